The van der Waals surface area contributed by atoms with E-state index in [0.29, 0.717) is 12.2 Å². The molecule has 2 aromatic carbocycles. The first-order valence-electron chi connectivity index (χ1n) is 10.1. The van der Waals surface area contributed by atoms with Crippen LogP contribution in [0.1, 0.15) is 29.5 Å². The van der Waals surface area contributed by atoms with E-state index in [1.807, 2.05) is 37.3 Å². The van der Waals surface area contributed by atoms with Crippen LogP contribution in [0, 0.1) is 6.92 Å². The molecule has 2 aliphatic rings. The number of hydrogen-bond acceptors (Lipinski definition) is 5. The zero-order valence-electron chi connectivity index (χ0n) is 17.2. The van der Waals surface area contributed by atoms with Crippen LogP contribution in [0.2, 0.25) is 0 Å². The van der Waals surface area contributed by atoms with E-state index in [9.17, 15) is 14.7 Å². The number of hydrogen-bond donors (Lipinski definition) is 2. The highest BCUT2D eigenvalue weighted by Crippen LogP contribution is 2.41. The van der Waals surface area contributed by atoms with Gasteiger partial charge in [-0.3, -0.25) is 9.69 Å². The third kappa shape index (κ3) is 3.61. The van der Waals surface area contributed by atoms with Gasteiger partial charge >= 0.3 is 6.03 Å². The fourth-order valence-corrected chi connectivity index (χ4v) is 4.30. The molecule has 0 aromatic heterocycles. The Balaban J connectivity index is 1.48. The van der Waals surface area contributed by atoms with E-state index in [4.69, 9.17) is 9.47 Å². The van der Waals surface area contributed by atoms with Crippen LogP contribution in [0.4, 0.5) is 4.79 Å². The Hall–Kier alpha value is -3.06. The van der Waals surface area contributed by atoms with Gasteiger partial charge in [-0.1, -0.05) is 18.2 Å². The molecule has 7 nitrogen and oxygen atoms in total. The van der Waals surface area contributed by atoms with E-state index < -0.39 is 17.7 Å². The standard InChI is InChI=1S/C23H26N2O5/c1-15-5-3-7-19(11-15)30-14-17(26)13-25-21(27)23(24-22(25)28)10-4-6-16-12-18(29-2)8-9-20(16)23/h3,5,7-9,11-12,17,26H,4,6,10,13-14H2,1-2H3,(H,24,28)/t17-,23-/m0/s1. The Bertz CT molecular complexity index is 976. The van der Waals surface area contributed by atoms with Gasteiger partial charge in [0.2, 0.25) is 0 Å². The smallest absolute Gasteiger partial charge is 0.325 e. The molecule has 158 valence electrons. The molecule has 2 N–H and O–H groups in total. The number of amides is 3. The van der Waals surface area contributed by atoms with Gasteiger partial charge < -0.3 is 19.9 Å². The molecule has 30 heavy (non-hydrogen) atoms. The summed E-state index contributed by atoms with van der Waals surface area (Å²) in [6.07, 6.45) is 1.14. The van der Waals surface area contributed by atoms with E-state index in [1.165, 1.54) is 0 Å². The number of carbonyl (C=O) groups excluding carboxylic acids is 2. The zero-order chi connectivity index (χ0) is 21.3. The summed E-state index contributed by atoms with van der Waals surface area (Å²) in [5.74, 6) is 1.04. The van der Waals surface area contributed by atoms with Crippen molar-refractivity contribution in [3.05, 3.63) is 59.2 Å². The normalized spacial score (nSPS) is 21.4. The Morgan fingerprint density at radius 2 is 2.03 bits per heavy atom. The number of aliphatic hydroxyl groups is 1. The Kier molecular flexibility index (Phi) is 5.39. The van der Waals surface area contributed by atoms with Crippen molar-refractivity contribution in [2.75, 3.05) is 20.3 Å². The topological polar surface area (TPSA) is 88.1 Å². The van der Waals surface area contributed by atoms with E-state index in [0.717, 1.165) is 40.2 Å². The van der Waals surface area contributed by atoms with Crippen molar-refractivity contribution in [1.82, 2.24) is 10.2 Å². The number of rotatable bonds is 6. The van der Waals surface area contributed by atoms with Gasteiger partial charge in [0.1, 0.15) is 29.7 Å². The molecule has 1 aliphatic carbocycles. The van der Waals surface area contributed by atoms with Crippen molar-refractivity contribution in [1.29, 1.82) is 0 Å². The van der Waals surface area contributed by atoms with Gasteiger partial charge in [-0.2, -0.15) is 0 Å². The highest BCUT2D eigenvalue weighted by molar-refractivity contribution is 6.07. The SMILES string of the molecule is COc1ccc2c(c1)CCC[C@]21NC(=O)N(C[C@H](O)COc2cccc(C)c2)C1=O. The highest BCUT2D eigenvalue weighted by atomic mass is 16.5. The number of β-amino-alcohol motifs (C(OH)–C–C–N with tert-alkyl or cyclic N) is 1. The maximum Gasteiger partial charge on any atom is 0.325 e. The Morgan fingerprint density at radius 3 is 2.80 bits per heavy atom. The summed E-state index contributed by atoms with van der Waals surface area (Å²) >= 11 is 0. The number of benzene rings is 2. The molecular formula is C23H26N2O5. The number of methoxy groups -OCH3 is 1. The molecule has 1 fully saturated rings. The van der Waals surface area contributed by atoms with Crippen LogP contribution in [0.15, 0.2) is 42.5 Å². The van der Waals surface area contributed by atoms with E-state index in [2.05, 4.69) is 5.32 Å². The van der Waals surface area contributed by atoms with Crippen LogP contribution in [-0.4, -0.2) is 48.3 Å². The maximum atomic E-state index is 13.3. The van der Waals surface area contributed by atoms with Crippen molar-refractivity contribution >= 4 is 11.9 Å². The summed E-state index contributed by atoms with van der Waals surface area (Å²) in [5.41, 5.74) is 1.78. The van der Waals surface area contributed by atoms with Crippen LogP contribution in [-0.2, 0) is 16.8 Å². The van der Waals surface area contributed by atoms with E-state index in [-0.39, 0.29) is 19.1 Å². The number of fused-ring (bicyclic) bond motifs is 2. The predicted molar refractivity (Wildman–Crippen MR) is 111 cm³/mol. The van der Waals surface area contributed by atoms with Crippen LogP contribution < -0.4 is 14.8 Å². The van der Waals surface area contributed by atoms with Gasteiger partial charge in [0.25, 0.3) is 5.91 Å². The number of aryl methyl sites for hydroxylation is 2. The van der Waals surface area contributed by atoms with Crippen LogP contribution >= 0.6 is 0 Å². The summed E-state index contributed by atoms with van der Waals surface area (Å²) < 4.78 is 10.9. The lowest BCUT2D eigenvalue weighted by molar-refractivity contribution is -0.133. The minimum absolute atomic E-state index is 0.0126. The lowest BCUT2D eigenvalue weighted by Gasteiger charge is -2.33. The second-order valence-electron chi connectivity index (χ2n) is 7.91. The predicted octanol–water partition coefficient (Wildman–Crippen LogP) is 2.53. The summed E-state index contributed by atoms with van der Waals surface area (Å²) in [6.45, 7) is 1.82. The number of imide groups is 1. The number of urea groups is 1. The molecule has 2 atom stereocenters. The fourth-order valence-electron chi connectivity index (χ4n) is 4.30. The lowest BCUT2D eigenvalue weighted by Crippen LogP contribution is -2.47. The van der Waals surface area contributed by atoms with Gasteiger partial charge in [0.15, 0.2) is 0 Å². The number of nitrogens with one attached hydrogen (secondary N) is 1. The number of carbonyl (C=O) groups is 2. The van der Waals surface area contributed by atoms with Gasteiger partial charge in [-0.05, 0) is 67.1 Å². The molecule has 0 bridgehead atoms. The first-order valence-corrected chi connectivity index (χ1v) is 10.1. The summed E-state index contributed by atoms with van der Waals surface area (Å²) in [6, 6.07) is 12.6. The number of nitrogens with zero attached hydrogens (tertiary/aromatic N) is 1. The van der Waals surface area contributed by atoms with Gasteiger partial charge in [0.05, 0.1) is 13.7 Å². The molecule has 7 heteroatoms. The molecule has 1 aliphatic heterocycles. The van der Waals surface area contributed by atoms with Crippen molar-refractivity contribution in [2.45, 2.75) is 37.8 Å². The van der Waals surface area contributed by atoms with Crippen LogP contribution in [0.5, 0.6) is 11.5 Å². The minimum atomic E-state index is -1.08. The monoisotopic (exact) mass is 410 g/mol. The van der Waals surface area contributed by atoms with E-state index in [1.54, 1.807) is 19.2 Å². The third-order valence-corrected chi connectivity index (χ3v) is 5.77. The average molecular weight is 410 g/mol. The van der Waals surface area contributed by atoms with Crippen molar-refractivity contribution in [3.63, 3.8) is 0 Å². The summed E-state index contributed by atoms with van der Waals surface area (Å²) in [5, 5.41) is 13.3. The molecule has 1 heterocycles. The molecule has 1 saturated heterocycles. The summed E-state index contributed by atoms with van der Waals surface area (Å²) in [7, 11) is 1.60. The molecule has 4 rings (SSSR count). The molecular weight excluding hydrogens is 384 g/mol. The zero-order valence-corrected chi connectivity index (χ0v) is 17.2. The third-order valence-electron chi connectivity index (χ3n) is 5.77. The summed E-state index contributed by atoms with van der Waals surface area (Å²) in [4.78, 5) is 27.1. The molecule has 3 amide bonds. The van der Waals surface area contributed by atoms with Gasteiger partial charge in [-0.15, -0.1) is 0 Å². The Labute approximate surface area is 175 Å². The molecule has 0 radical (unpaired) electrons. The maximum absolute atomic E-state index is 13.3. The fraction of sp³-hybridized carbons (Fsp3) is 0.391. The van der Waals surface area contributed by atoms with Gasteiger partial charge in [0, 0.05) is 0 Å². The molecule has 1 spiro atoms. The van der Waals surface area contributed by atoms with Crippen LogP contribution in [0.3, 0.4) is 0 Å². The minimum Gasteiger partial charge on any atom is -0.497 e. The largest absolute Gasteiger partial charge is 0.497 e. The second-order valence-corrected chi connectivity index (χ2v) is 7.91. The average Bonchev–Trinajstić information content (AvgIpc) is 2.97. The van der Waals surface area contributed by atoms with Crippen molar-refractivity contribution in [2.24, 2.45) is 0 Å². The lowest BCUT2D eigenvalue weighted by atomic mass is 9.76. The molecule has 0 unspecified atom stereocenters. The van der Waals surface area contributed by atoms with Crippen LogP contribution in [0.25, 0.3) is 0 Å². The Morgan fingerprint density at radius 1 is 1.20 bits per heavy atom. The number of aliphatic hydroxyl groups excluding tert-OH is 1. The van der Waals surface area contributed by atoms with Crippen molar-refractivity contribution < 1.29 is 24.2 Å². The highest BCUT2D eigenvalue weighted by Gasteiger charge is 2.54. The quantitative estimate of drug-likeness (QED) is 0.715. The second kappa shape index (κ2) is 7.99. The van der Waals surface area contributed by atoms with Crippen molar-refractivity contribution in [3.8, 4) is 11.5 Å². The first-order chi connectivity index (χ1) is 14.4. The van der Waals surface area contributed by atoms with Gasteiger partial charge in [-0.25, -0.2) is 4.79 Å². The number of ether oxygens (including phenoxy) is 2. The van der Waals surface area contributed by atoms with E-state index >= 15 is 0 Å². The molecule has 2 aromatic rings. The first kappa shape index (κ1) is 20.2. The molecule has 0 saturated carbocycles.